The van der Waals surface area contributed by atoms with Crippen molar-refractivity contribution < 1.29 is 4.39 Å². The van der Waals surface area contributed by atoms with Gasteiger partial charge < -0.3 is 5.73 Å². The van der Waals surface area contributed by atoms with E-state index >= 15 is 0 Å². The Labute approximate surface area is 117 Å². The molecule has 0 radical (unpaired) electrons. The first-order valence-electron chi connectivity index (χ1n) is 6.91. The smallest absolute Gasteiger partial charge is 0.182 e. The summed E-state index contributed by atoms with van der Waals surface area (Å²) in [6, 6.07) is 3.40. The highest BCUT2D eigenvalue weighted by atomic mass is 19.1. The third-order valence-corrected chi connectivity index (χ3v) is 4.35. The lowest BCUT2D eigenvalue weighted by Gasteiger charge is -2.31. The second-order valence-corrected chi connectivity index (χ2v) is 5.55. The number of hydrogen-bond donors (Lipinski definition) is 1. The minimum atomic E-state index is -0.328. The summed E-state index contributed by atoms with van der Waals surface area (Å²) in [5.41, 5.74) is 7.34. The fourth-order valence-corrected chi connectivity index (χ4v) is 2.61. The van der Waals surface area contributed by atoms with Crippen LogP contribution in [0.1, 0.15) is 37.8 Å². The van der Waals surface area contributed by atoms with Crippen molar-refractivity contribution in [3.63, 3.8) is 0 Å². The lowest BCUT2D eigenvalue weighted by atomic mass is 9.80. The average molecular weight is 275 g/mol. The number of nitrogen functional groups attached to an aromatic ring is 1. The molecule has 1 aliphatic carbocycles. The first-order chi connectivity index (χ1) is 9.58. The van der Waals surface area contributed by atoms with Crippen molar-refractivity contribution in [3.05, 3.63) is 23.5 Å². The average Bonchev–Trinajstić information content (AvgIpc) is 2.82. The molecule has 2 aromatic rings. The van der Waals surface area contributed by atoms with Crippen molar-refractivity contribution in [2.45, 2.75) is 39.2 Å². The summed E-state index contributed by atoms with van der Waals surface area (Å²) in [5, 5.41) is 11.9. The number of benzene rings is 1. The van der Waals surface area contributed by atoms with Crippen LogP contribution in [0.25, 0.3) is 11.4 Å². The van der Waals surface area contributed by atoms with E-state index in [-0.39, 0.29) is 11.9 Å². The molecule has 1 aromatic carbocycles. The van der Waals surface area contributed by atoms with Crippen LogP contribution < -0.4 is 5.73 Å². The van der Waals surface area contributed by atoms with E-state index in [1.807, 2.05) is 0 Å². The maximum absolute atomic E-state index is 13.8. The van der Waals surface area contributed by atoms with Crippen LogP contribution in [0.2, 0.25) is 0 Å². The monoisotopic (exact) mass is 275 g/mol. The largest absolute Gasteiger partial charge is 0.398 e. The Kier molecular flexibility index (Phi) is 3.16. The number of anilines is 1. The quantitative estimate of drug-likeness (QED) is 0.874. The third-order valence-electron chi connectivity index (χ3n) is 4.35. The van der Waals surface area contributed by atoms with Gasteiger partial charge in [-0.05, 0) is 55.2 Å². The molecule has 6 heteroatoms. The third kappa shape index (κ3) is 2.05. The van der Waals surface area contributed by atoms with Gasteiger partial charge in [-0.1, -0.05) is 6.42 Å². The Morgan fingerprint density at radius 3 is 2.75 bits per heavy atom. The topological polar surface area (TPSA) is 69.6 Å². The van der Waals surface area contributed by atoms with E-state index in [1.165, 1.54) is 25.3 Å². The summed E-state index contributed by atoms with van der Waals surface area (Å²) in [6.07, 6.45) is 3.66. The summed E-state index contributed by atoms with van der Waals surface area (Å²) < 4.78 is 15.6. The van der Waals surface area contributed by atoms with E-state index in [9.17, 15) is 4.39 Å². The predicted octanol–water partition coefficient (Wildman–Crippen LogP) is 2.73. The highest BCUT2D eigenvalue weighted by Crippen LogP contribution is 2.37. The molecule has 1 aromatic heterocycles. The van der Waals surface area contributed by atoms with Crippen molar-refractivity contribution in [1.29, 1.82) is 0 Å². The maximum Gasteiger partial charge on any atom is 0.182 e. The van der Waals surface area contributed by atoms with Gasteiger partial charge in [-0.25, -0.2) is 9.07 Å². The molecule has 1 unspecified atom stereocenters. The highest BCUT2D eigenvalue weighted by molar-refractivity contribution is 5.64. The van der Waals surface area contributed by atoms with Gasteiger partial charge in [0.25, 0.3) is 0 Å². The molecule has 1 atom stereocenters. The minimum Gasteiger partial charge on any atom is -0.398 e. The molecule has 1 saturated carbocycles. The van der Waals surface area contributed by atoms with Crippen LogP contribution in [0.5, 0.6) is 0 Å². The zero-order valence-corrected chi connectivity index (χ0v) is 11.7. The molecule has 3 rings (SSSR count). The standard InChI is InChI=1S/C14H18FN5/c1-8-12(15)6-11(7-13(8)16)14-17-18-19-20(14)9(2)10-4-3-5-10/h6-7,9-10H,3-5,16H2,1-2H3. The van der Waals surface area contributed by atoms with Crippen LogP contribution in [0.4, 0.5) is 10.1 Å². The molecule has 1 fully saturated rings. The predicted molar refractivity (Wildman–Crippen MR) is 74.4 cm³/mol. The number of tetrazole rings is 1. The molecule has 106 valence electrons. The zero-order chi connectivity index (χ0) is 14.3. The molecule has 0 saturated heterocycles. The van der Waals surface area contributed by atoms with Crippen LogP contribution in [0.3, 0.4) is 0 Å². The number of hydrogen-bond acceptors (Lipinski definition) is 4. The Morgan fingerprint density at radius 2 is 2.15 bits per heavy atom. The van der Waals surface area contributed by atoms with E-state index in [1.54, 1.807) is 17.7 Å². The van der Waals surface area contributed by atoms with Crippen LogP contribution in [0, 0.1) is 18.7 Å². The normalized spacial score (nSPS) is 16.9. The van der Waals surface area contributed by atoms with Crippen LogP contribution in [0.15, 0.2) is 12.1 Å². The Morgan fingerprint density at radius 1 is 1.40 bits per heavy atom. The van der Waals surface area contributed by atoms with E-state index < -0.39 is 0 Å². The number of halogens is 1. The molecule has 1 aliphatic rings. The van der Waals surface area contributed by atoms with E-state index in [0.717, 1.165) is 0 Å². The van der Waals surface area contributed by atoms with Crippen molar-refractivity contribution in [1.82, 2.24) is 20.2 Å². The number of aromatic nitrogens is 4. The zero-order valence-electron chi connectivity index (χ0n) is 11.7. The van der Waals surface area contributed by atoms with Crippen molar-refractivity contribution >= 4 is 5.69 Å². The van der Waals surface area contributed by atoms with Gasteiger partial charge in [-0.15, -0.1) is 5.10 Å². The second-order valence-electron chi connectivity index (χ2n) is 5.55. The fraction of sp³-hybridized carbons (Fsp3) is 0.500. The maximum atomic E-state index is 13.8. The summed E-state index contributed by atoms with van der Waals surface area (Å²) in [5.74, 6) is 0.853. The van der Waals surface area contributed by atoms with Crippen molar-refractivity contribution in [2.24, 2.45) is 5.92 Å². The number of nitrogens with two attached hydrogens (primary N) is 1. The van der Waals surface area contributed by atoms with Gasteiger partial charge in [0, 0.05) is 16.8 Å². The van der Waals surface area contributed by atoms with Crippen LogP contribution in [-0.2, 0) is 0 Å². The SMILES string of the molecule is Cc1c(N)cc(-c2nnnn2C(C)C2CCC2)cc1F. The van der Waals surface area contributed by atoms with Gasteiger partial charge in [-0.2, -0.15) is 0 Å². The van der Waals surface area contributed by atoms with Crippen molar-refractivity contribution in [2.75, 3.05) is 5.73 Å². The first kappa shape index (κ1) is 13.0. The Balaban J connectivity index is 2.00. The second kappa shape index (κ2) is 4.85. The highest BCUT2D eigenvalue weighted by Gasteiger charge is 2.28. The molecule has 2 N–H and O–H groups in total. The van der Waals surface area contributed by atoms with Crippen molar-refractivity contribution in [3.8, 4) is 11.4 Å². The lowest BCUT2D eigenvalue weighted by Crippen LogP contribution is -2.24. The molecule has 5 nitrogen and oxygen atoms in total. The lowest BCUT2D eigenvalue weighted by molar-refractivity contribution is 0.210. The Hall–Kier alpha value is -1.98. The molecular formula is C14H18FN5. The molecular weight excluding hydrogens is 257 g/mol. The Bertz CT molecular complexity index is 609. The number of rotatable bonds is 3. The van der Waals surface area contributed by atoms with Gasteiger partial charge in [0.2, 0.25) is 0 Å². The van der Waals surface area contributed by atoms with Gasteiger partial charge in [0.1, 0.15) is 5.82 Å². The summed E-state index contributed by atoms with van der Waals surface area (Å²) in [6.45, 7) is 3.77. The molecule has 1 heterocycles. The first-order valence-corrected chi connectivity index (χ1v) is 6.91. The molecule has 0 bridgehead atoms. The van der Waals surface area contributed by atoms with Gasteiger partial charge in [0.05, 0.1) is 6.04 Å². The number of nitrogens with zero attached hydrogens (tertiary/aromatic N) is 4. The minimum absolute atomic E-state index is 0.222. The van der Waals surface area contributed by atoms with E-state index in [4.69, 9.17) is 5.73 Å². The summed E-state index contributed by atoms with van der Waals surface area (Å²) in [7, 11) is 0. The van der Waals surface area contributed by atoms with E-state index in [0.29, 0.717) is 28.6 Å². The molecule has 0 spiro atoms. The van der Waals surface area contributed by atoms with Crippen LogP contribution >= 0.6 is 0 Å². The fourth-order valence-electron chi connectivity index (χ4n) is 2.61. The van der Waals surface area contributed by atoms with Crippen LogP contribution in [-0.4, -0.2) is 20.2 Å². The molecule has 20 heavy (non-hydrogen) atoms. The molecule has 0 amide bonds. The summed E-state index contributed by atoms with van der Waals surface area (Å²) >= 11 is 0. The summed E-state index contributed by atoms with van der Waals surface area (Å²) in [4.78, 5) is 0. The van der Waals surface area contributed by atoms with Gasteiger partial charge in [0.15, 0.2) is 5.82 Å². The molecule has 0 aliphatic heterocycles. The van der Waals surface area contributed by atoms with Gasteiger partial charge in [-0.3, -0.25) is 0 Å². The van der Waals surface area contributed by atoms with E-state index in [2.05, 4.69) is 22.4 Å². The van der Waals surface area contributed by atoms with Gasteiger partial charge >= 0.3 is 0 Å².